The normalized spacial score (nSPS) is 11.1. The van der Waals surface area contributed by atoms with E-state index in [9.17, 15) is 0 Å². The topological polar surface area (TPSA) is 58.5 Å². The lowest BCUT2D eigenvalue weighted by molar-refractivity contribution is 0.107. The highest BCUT2D eigenvalue weighted by molar-refractivity contribution is 14.0. The van der Waals surface area contributed by atoms with Crippen LogP contribution in [0.4, 0.5) is 0 Å². The van der Waals surface area contributed by atoms with Crippen molar-refractivity contribution in [3.05, 3.63) is 87.4 Å². The zero-order chi connectivity index (χ0) is 20.3. The van der Waals surface area contributed by atoms with E-state index in [0.717, 1.165) is 28.6 Å². The van der Waals surface area contributed by atoms with Crippen LogP contribution in [0.15, 0.2) is 65.8 Å². The first-order chi connectivity index (χ1) is 14.2. The molecule has 0 fully saturated rings. The van der Waals surface area contributed by atoms with Crippen molar-refractivity contribution in [3.63, 3.8) is 0 Å². The molecule has 0 aliphatic heterocycles. The van der Waals surface area contributed by atoms with Crippen LogP contribution in [0.3, 0.4) is 0 Å². The lowest BCUT2D eigenvalue weighted by atomic mass is 10.1. The zero-order valence-electron chi connectivity index (χ0n) is 17.4. The molecule has 1 aromatic heterocycles. The Morgan fingerprint density at radius 2 is 1.73 bits per heavy atom. The molecule has 0 atom stereocenters. The van der Waals surface area contributed by atoms with Crippen molar-refractivity contribution in [1.29, 1.82) is 0 Å². The van der Waals surface area contributed by atoms with Crippen LogP contribution in [0, 0.1) is 6.92 Å². The predicted octanol–water partition coefficient (Wildman–Crippen LogP) is 5.04. The first-order valence-corrected chi connectivity index (χ1v) is 10.7. The summed E-state index contributed by atoms with van der Waals surface area (Å²) in [6, 6.07) is 18.6. The second-order valence-electron chi connectivity index (χ2n) is 6.71. The Morgan fingerprint density at radius 3 is 2.47 bits per heavy atom. The monoisotopic (exact) mass is 536 g/mol. The third-order valence-corrected chi connectivity index (χ3v) is 5.12. The standard InChI is InChI=1S/C23H28N4OS.HI/c1-3-24-23(27-15-22-25-13-18(2)29-22)26-14-20-10-7-11-21(12-20)17-28-16-19-8-5-4-6-9-19;/h4-13H,3,14-17H2,1-2H3,(H2,24,26,27);1H. The number of thiazole rings is 1. The maximum absolute atomic E-state index is 5.85. The third-order valence-electron chi connectivity index (χ3n) is 4.21. The first-order valence-electron chi connectivity index (χ1n) is 9.86. The van der Waals surface area contributed by atoms with Gasteiger partial charge in [-0.2, -0.15) is 0 Å². The highest BCUT2D eigenvalue weighted by Gasteiger charge is 2.02. The molecule has 0 spiro atoms. The van der Waals surface area contributed by atoms with E-state index in [1.807, 2.05) is 24.4 Å². The van der Waals surface area contributed by atoms with E-state index in [4.69, 9.17) is 9.73 Å². The van der Waals surface area contributed by atoms with E-state index >= 15 is 0 Å². The van der Waals surface area contributed by atoms with Crippen LogP contribution < -0.4 is 10.6 Å². The van der Waals surface area contributed by atoms with Crippen LogP contribution >= 0.6 is 35.3 Å². The van der Waals surface area contributed by atoms with Crippen molar-refractivity contribution in [1.82, 2.24) is 15.6 Å². The molecule has 2 N–H and O–H groups in total. The molecule has 0 saturated carbocycles. The van der Waals surface area contributed by atoms with Gasteiger partial charge in [0.25, 0.3) is 0 Å². The molecule has 0 amide bonds. The van der Waals surface area contributed by atoms with E-state index in [-0.39, 0.29) is 24.0 Å². The number of ether oxygens (including phenoxy) is 1. The number of hydrogen-bond donors (Lipinski definition) is 2. The lowest BCUT2D eigenvalue weighted by Crippen LogP contribution is -2.36. The van der Waals surface area contributed by atoms with Gasteiger partial charge in [0.1, 0.15) is 5.01 Å². The molecule has 2 aromatic carbocycles. The van der Waals surface area contributed by atoms with Crippen molar-refractivity contribution < 1.29 is 4.74 Å². The summed E-state index contributed by atoms with van der Waals surface area (Å²) in [7, 11) is 0. The largest absolute Gasteiger partial charge is 0.372 e. The summed E-state index contributed by atoms with van der Waals surface area (Å²) < 4.78 is 5.85. The fourth-order valence-electron chi connectivity index (χ4n) is 2.83. The van der Waals surface area contributed by atoms with Gasteiger partial charge in [-0.05, 0) is 30.5 Å². The maximum Gasteiger partial charge on any atom is 0.191 e. The highest BCUT2D eigenvalue weighted by Crippen LogP contribution is 2.11. The molecule has 0 saturated heterocycles. The number of benzene rings is 2. The number of guanidine groups is 1. The van der Waals surface area contributed by atoms with Crippen molar-refractivity contribution in [2.45, 2.75) is 40.2 Å². The van der Waals surface area contributed by atoms with E-state index < -0.39 is 0 Å². The molecular weight excluding hydrogens is 507 g/mol. The smallest absolute Gasteiger partial charge is 0.191 e. The van der Waals surface area contributed by atoms with Gasteiger partial charge >= 0.3 is 0 Å². The third kappa shape index (κ3) is 8.41. The minimum Gasteiger partial charge on any atom is -0.372 e. The molecule has 160 valence electrons. The summed E-state index contributed by atoms with van der Waals surface area (Å²) in [6.07, 6.45) is 1.90. The minimum atomic E-state index is 0. The van der Waals surface area contributed by atoms with E-state index in [0.29, 0.717) is 26.3 Å². The van der Waals surface area contributed by atoms with Crippen LogP contribution in [0.2, 0.25) is 0 Å². The maximum atomic E-state index is 5.85. The summed E-state index contributed by atoms with van der Waals surface area (Å²) in [5.74, 6) is 0.797. The van der Waals surface area contributed by atoms with Crippen LogP contribution in [0.25, 0.3) is 0 Å². The van der Waals surface area contributed by atoms with Gasteiger partial charge < -0.3 is 15.4 Å². The zero-order valence-corrected chi connectivity index (χ0v) is 20.6. The predicted molar refractivity (Wildman–Crippen MR) is 135 cm³/mol. The molecule has 30 heavy (non-hydrogen) atoms. The molecule has 0 aliphatic rings. The van der Waals surface area contributed by atoms with E-state index in [1.54, 1.807) is 11.3 Å². The van der Waals surface area contributed by atoms with Gasteiger partial charge in [-0.3, -0.25) is 0 Å². The van der Waals surface area contributed by atoms with Crippen LogP contribution in [-0.4, -0.2) is 17.5 Å². The molecule has 0 radical (unpaired) electrons. The van der Waals surface area contributed by atoms with Crippen molar-refractivity contribution in [2.75, 3.05) is 6.54 Å². The number of halogens is 1. The van der Waals surface area contributed by atoms with Gasteiger partial charge in [-0.25, -0.2) is 9.98 Å². The lowest BCUT2D eigenvalue weighted by Gasteiger charge is -2.10. The summed E-state index contributed by atoms with van der Waals surface area (Å²) in [6.45, 7) is 7.45. The van der Waals surface area contributed by atoms with E-state index in [2.05, 4.69) is 65.9 Å². The fraction of sp³-hybridized carbons (Fsp3) is 0.304. The molecule has 0 bridgehead atoms. The molecule has 5 nitrogen and oxygen atoms in total. The van der Waals surface area contributed by atoms with Gasteiger partial charge in [-0.1, -0.05) is 54.6 Å². The fourth-order valence-corrected chi connectivity index (χ4v) is 3.56. The number of aryl methyl sites for hydroxylation is 1. The molecule has 3 rings (SSSR count). The summed E-state index contributed by atoms with van der Waals surface area (Å²) in [4.78, 5) is 10.3. The Hall–Kier alpha value is -1.97. The average Bonchev–Trinajstić information content (AvgIpc) is 3.16. The second kappa shape index (κ2) is 13.4. The molecule has 1 heterocycles. The number of nitrogens with one attached hydrogen (secondary N) is 2. The van der Waals surface area contributed by atoms with E-state index in [1.165, 1.54) is 10.4 Å². The van der Waals surface area contributed by atoms with Gasteiger partial charge in [0.05, 0.1) is 26.3 Å². The Balaban J connectivity index is 0.00000320. The van der Waals surface area contributed by atoms with Crippen molar-refractivity contribution in [2.24, 2.45) is 4.99 Å². The van der Waals surface area contributed by atoms with Crippen molar-refractivity contribution in [3.8, 4) is 0 Å². The number of rotatable bonds is 9. The Morgan fingerprint density at radius 1 is 1.00 bits per heavy atom. The SMILES string of the molecule is CCNC(=NCc1cccc(COCc2ccccc2)c1)NCc1ncc(C)s1.I. The molecule has 7 heteroatoms. The van der Waals surface area contributed by atoms with Gasteiger partial charge in [0.2, 0.25) is 0 Å². The van der Waals surface area contributed by atoms with Gasteiger partial charge in [0.15, 0.2) is 5.96 Å². The Labute approximate surface area is 200 Å². The number of hydrogen-bond acceptors (Lipinski definition) is 4. The molecule has 0 aliphatic carbocycles. The molecular formula is C23H29IN4OS. The second-order valence-corrected chi connectivity index (χ2v) is 8.03. The van der Waals surface area contributed by atoms with Crippen LogP contribution in [-0.2, 0) is 31.0 Å². The molecule has 3 aromatic rings. The summed E-state index contributed by atoms with van der Waals surface area (Å²) >= 11 is 1.70. The summed E-state index contributed by atoms with van der Waals surface area (Å²) in [5.41, 5.74) is 3.50. The summed E-state index contributed by atoms with van der Waals surface area (Å²) in [5, 5.41) is 7.70. The minimum absolute atomic E-state index is 0. The van der Waals surface area contributed by atoms with Crippen LogP contribution in [0.5, 0.6) is 0 Å². The van der Waals surface area contributed by atoms with Crippen LogP contribution in [0.1, 0.15) is 33.5 Å². The highest BCUT2D eigenvalue weighted by atomic mass is 127. The van der Waals surface area contributed by atoms with Gasteiger partial charge in [-0.15, -0.1) is 35.3 Å². The number of aliphatic imine (C=N–C) groups is 1. The number of nitrogens with zero attached hydrogens (tertiary/aromatic N) is 2. The number of aromatic nitrogens is 1. The average molecular weight is 536 g/mol. The first kappa shape index (κ1) is 24.3. The van der Waals surface area contributed by atoms with Gasteiger partial charge in [0, 0.05) is 17.6 Å². The van der Waals surface area contributed by atoms with Crippen molar-refractivity contribution >= 4 is 41.3 Å². The Kier molecular flexibility index (Phi) is 10.8. The quantitative estimate of drug-likeness (QED) is 0.229. The molecule has 0 unspecified atom stereocenters. The Bertz CT molecular complexity index is 914.